The molecule has 0 heterocycles. The third kappa shape index (κ3) is 7.96. The van der Waals surface area contributed by atoms with Gasteiger partial charge in [-0.05, 0) is 78.8 Å². The molecule has 1 unspecified atom stereocenters. The van der Waals surface area contributed by atoms with E-state index >= 15 is 0 Å². The number of carbonyl (C=O) groups excluding carboxylic acids is 1. The Balaban J connectivity index is 1.32. The Hall–Kier alpha value is -3.74. The Morgan fingerprint density at radius 3 is 2.14 bits per heavy atom. The molecule has 1 aliphatic rings. The SMILES string of the molecule is Cc1ccc(S(=O)N(C)CC(=O)N(Cc2ccc(C3CCCCC3)cc2)c2ccc(OCc3ccccc3)cc2)cc1. The van der Waals surface area contributed by atoms with Gasteiger partial charge in [0.1, 0.15) is 23.3 Å². The molecule has 1 fully saturated rings. The highest BCUT2D eigenvalue weighted by Gasteiger charge is 2.22. The molecule has 1 aliphatic carbocycles. The maximum absolute atomic E-state index is 13.8. The quantitative estimate of drug-likeness (QED) is 0.182. The van der Waals surface area contributed by atoms with Gasteiger partial charge in [-0.15, -0.1) is 0 Å². The number of hydrogen-bond acceptors (Lipinski definition) is 3. The molecule has 0 bridgehead atoms. The fraction of sp³-hybridized carbons (Fsp3) is 0.306. The van der Waals surface area contributed by atoms with Crippen molar-refractivity contribution in [1.29, 1.82) is 0 Å². The standard InChI is InChI=1S/C36H40N2O3S/c1-28-13-23-35(24-14-28)42(40)37(2)26-36(39)38(25-29-15-17-32(18-16-29)31-11-7-4-8-12-31)33-19-21-34(22-20-33)41-27-30-9-5-3-6-10-30/h3,5-6,9-10,13-24,31H,4,7-8,11-12,25-27H2,1-2H3. The molecule has 0 aromatic heterocycles. The molecule has 1 saturated carbocycles. The molecular formula is C36H40N2O3S. The van der Waals surface area contributed by atoms with Crippen molar-refractivity contribution in [3.63, 3.8) is 0 Å². The van der Waals surface area contributed by atoms with Crippen LogP contribution in [0.15, 0.2) is 108 Å². The van der Waals surface area contributed by atoms with Gasteiger partial charge in [-0.2, -0.15) is 0 Å². The van der Waals surface area contributed by atoms with E-state index in [4.69, 9.17) is 4.74 Å². The number of carbonyl (C=O) groups is 1. The van der Waals surface area contributed by atoms with E-state index in [1.165, 1.54) is 37.7 Å². The topological polar surface area (TPSA) is 49.9 Å². The lowest BCUT2D eigenvalue weighted by Crippen LogP contribution is -2.39. The van der Waals surface area contributed by atoms with Gasteiger partial charge >= 0.3 is 0 Å². The van der Waals surface area contributed by atoms with E-state index in [0.717, 1.165) is 28.1 Å². The lowest BCUT2D eigenvalue weighted by molar-refractivity contribution is -0.118. The van der Waals surface area contributed by atoms with E-state index in [0.29, 0.717) is 24.0 Å². The lowest BCUT2D eigenvalue weighted by Gasteiger charge is -2.26. The Bertz CT molecular complexity index is 1450. The highest BCUT2D eigenvalue weighted by molar-refractivity contribution is 7.82. The van der Waals surface area contributed by atoms with Crippen LogP contribution in [0, 0.1) is 6.92 Å². The second kappa shape index (κ2) is 14.4. The van der Waals surface area contributed by atoms with Crippen LogP contribution in [0.3, 0.4) is 0 Å². The second-order valence-electron chi connectivity index (χ2n) is 11.2. The van der Waals surface area contributed by atoms with Crippen LogP contribution in [0.5, 0.6) is 5.75 Å². The summed E-state index contributed by atoms with van der Waals surface area (Å²) in [5.74, 6) is 1.26. The summed E-state index contributed by atoms with van der Waals surface area (Å²) in [6, 6.07) is 34.0. The third-order valence-electron chi connectivity index (χ3n) is 7.96. The molecule has 0 radical (unpaired) electrons. The Labute approximate surface area is 252 Å². The van der Waals surface area contributed by atoms with Gasteiger partial charge in [-0.25, -0.2) is 8.51 Å². The molecule has 5 nitrogen and oxygen atoms in total. The van der Waals surface area contributed by atoms with Gasteiger partial charge in [0.05, 0.1) is 18.0 Å². The van der Waals surface area contributed by atoms with Crippen LogP contribution in [0.2, 0.25) is 0 Å². The molecule has 1 amide bonds. The maximum Gasteiger partial charge on any atom is 0.242 e. The third-order valence-corrected chi connectivity index (χ3v) is 9.33. The monoisotopic (exact) mass is 580 g/mol. The lowest BCUT2D eigenvalue weighted by atomic mass is 9.84. The van der Waals surface area contributed by atoms with E-state index < -0.39 is 11.0 Å². The number of benzene rings is 4. The minimum absolute atomic E-state index is 0.0207. The summed E-state index contributed by atoms with van der Waals surface area (Å²) in [4.78, 5) is 16.2. The van der Waals surface area contributed by atoms with Crippen molar-refractivity contribution in [2.45, 2.75) is 63.0 Å². The highest BCUT2D eigenvalue weighted by atomic mass is 32.2. The van der Waals surface area contributed by atoms with Crippen molar-refractivity contribution in [2.75, 3.05) is 18.5 Å². The van der Waals surface area contributed by atoms with Crippen LogP contribution in [-0.2, 0) is 28.9 Å². The van der Waals surface area contributed by atoms with E-state index in [9.17, 15) is 9.00 Å². The highest BCUT2D eigenvalue weighted by Crippen LogP contribution is 2.33. The molecule has 0 aliphatic heterocycles. The zero-order chi connectivity index (χ0) is 29.3. The van der Waals surface area contributed by atoms with Crippen LogP contribution < -0.4 is 9.64 Å². The number of hydrogen-bond donors (Lipinski definition) is 0. The smallest absolute Gasteiger partial charge is 0.242 e. The van der Waals surface area contributed by atoms with Gasteiger partial charge < -0.3 is 9.64 Å². The predicted octanol–water partition coefficient (Wildman–Crippen LogP) is 7.81. The van der Waals surface area contributed by atoms with Crippen molar-refractivity contribution in [2.24, 2.45) is 0 Å². The predicted molar refractivity (Wildman–Crippen MR) is 171 cm³/mol. The number of likely N-dealkylation sites (N-methyl/N-ethyl adjacent to an activating group) is 1. The minimum atomic E-state index is -1.44. The van der Waals surface area contributed by atoms with Crippen LogP contribution in [0.4, 0.5) is 5.69 Å². The van der Waals surface area contributed by atoms with Gasteiger partial charge in [0.25, 0.3) is 0 Å². The average molecular weight is 581 g/mol. The van der Waals surface area contributed by atoms with Crippen molar-refractivity contribution in [1.82, 2.24) is 4.31 Å². The summed E-state index contributed by atoms with van der Waals surface area (Å²) >= 11 is 0. The molecule has 218 valence electrons. The van der Waals surface area contributed by atoms with Crippen molar-refractivity contribution < 1.29 is 13.7 Å². The van der Waals surface area contributed by atoms with Crippen LogP contribution in [0.1, 0.15) is 60.3 Å². The van der Waals surface area contributed by atoms with Crippen molar-refractivity contribution >= 4 is 22.6 Å². The Kier molecular flexibility index (Phi) is 10.2. The summed E-state index contributed by atoms with van der Waals surface area (Å²) in [5.41, 5.74) is 5.43. The number of anilines is 1. The first-order valence-corrected chi connectivity index (χ1v) is 15.9. The number of amides is 1. The first kappa shape index (κ1) is 29.7. The summed E-state index contributed by atoms with van der Waals surface area (Å²) < 4.78 is 20.8. The van der Waals surface area contributed by atoms with E-state index in [1.807, 2.05) is 85.8 Å². The number of aryl methyl sites for hydroxylation is 1. The van der Waals surface area contributed by atoms with E-state index in [2.05, 4.69) is 24.3 Å². The minimum Gasteiger partial charge on any atom is -0.489 e. The largest absolute Gasteiger partial charge is 0.489 e. The molecule has 4 aromatic carbocycles. The summed E-state index contributed by atoms with van der Waals surface area (Å²) in [7, 11) is 0.286. The van der Waals surface area contributed by atoms with Gasteiger partial charge in [-0.1, -0.05) is 91.6 Å². The van der Waals surface area contributed by atoms with Gasteiger partial charge in [0.2, 0.25) is 5.91 Å². The molecule has 0 N–H and O–H groups in total. The first-order chi connectivity index (χ1) is 20.5. The fourth-order valence-electron chi connectivity index (χ4n) is 5.47. The molecular weight excluding hydrogens is 540 g/mol. The maximum atomic E-state index is 13.8. The number of ether oxygens (including phenoxy) is 1. The zero-order valence-corrected chi connectivity index (χ0v) is 25.4. The molecule has 4 aromatic rings. The molecule has 0 spiro atoms. The number of nitrogens with zero attached hydrogens (tertiary/aromatic N) is 2. The number of rotatable bonds is 11. The molecule has 1 atom stereocenters. The summed E-state index contributed by atoms with van der Waals surface area (Å²) in [6.07, 6.45) is 6.46. The van der Waals surface area contributed by atoms with Gasteiger partial charge in [0.15, 0.2) is 0 Å². The fourth-order valence-corrected chi connectivity index (χ4v) is 6.43. The Morgan fingerprint density at radius 1 is 0.810 bits per heavy atom. The molecule has 42 heavy (non-hydrogen) atoms. The van der Waals surface area contributed by atoms with Gasteiger partial charge in [-0.3, -0.25) is 4.79 Å². The van der Waals surface area contributed by atoms with Crippen LogP contribution in [-0.4, -0.2) is 28.0 Å². The van der Waals surface area contributed by atoms with Crippen LogP contribution >= 0.6 is 0 Å². The summed E-state index contributed by atoms with van der Waals surface area (Å²) in [6.45, 7) is 2.93. The van der Waals surface area contributed by atoms with Crippen molar-refractivity contribution in [3.8, 4) is 5.75 Å². The van der Waals surface area contributed by atoms with Crippen molar-refractivity contribution in [3.05, 3.63) is 125 Å². The first-order valence-electron chi connectivity index (χ1n) is 14.8. The van der Waals surface area contributed by atoms with Crippen LogP contribution in [0.25, 0.3) is 0 Å². The normalized spacial score (nSPS) is 14.5. The van der Waals surface area contributed by atoms with E-state index in [-0.39, 0.29) is 12.5 Å². The Morgan fingerprint density at radius 2 is 1.48 bits per heavy atom. The van der Waals surface area contributed by atoms with Gasteiger partial charge in [0, 0.05) is 12.7 Å². The second-order valence-corrected chi connectivity index (χ2v) is 12.8. The van der Waals surface area contributed by atoms with E-state index in [1.54, 1.807) is 16.3 Å². The molecule has 0 saturated heterocycles. The summed E-state index contributed by atoms with van der Waals surface area (Å²) in [5, 5.41) is 0. The zero-order valence-electron chi connectivity index (χ0n) is 24.6. The molecule has 6 heteroatoms. The average Bonchev–Trinajstić information content (AvgIpc) is 3.04. The molecule has 5 rings (SSSR count).